The highest BCUT2D eigenvalue weighted by Crippen LogP contribution is 2.21. The Labute approximate surface area is 150 Å². The maximum absolute atomic E-state index is 12.3. The number of aryl methyl sites for hydroxylation is 1. The molecular formula is C19H19ClN2O3. The Balaban J connectivity index is 1.46. The second-order valence-electron chi connectivity index (χ2n) is 5.63. The van der Waals surface area contributed by atoms with Gasteiger partial charge in [0.05, 0.1) is 37.0 Å². The number of benzene rings is 2. The lowest BCUT2D eigenvalue weighted by atomic mass is 10.2. The van der Waals surface area contributed by atoms with Crippen molar-refractivity contribution in [1.82, 2.24) is 9.55 Å². The SMILES string of the molecule is Cc1cc(Cl)ccc1OCCOCCn1cnc2ccccc2c1=O. The van der Waals surface area contributed by atoms with Gasteiger partial charge in [0, 0.05) is 5.02 Å². The van der Waals surface area contributed by atoms with E-state index >= 15 is 0 Å². The Kier molecular flexibility index (Phi) is 5.68. The van der Waals surface area contributed by atoms with Crippen LogP contribution in [0.15, 0.2) is 53.6 Å². The summed E-state index contributed by atoms with van der Waals surface area (Å²) in [5, 5.41) is 1.31. The smallest absolute Gasteiger partial charge is 0.261 e. The first kappa shape index (κ1) is 17.5. The Hall–Kier alpha value is -2.37. The van der Waals surface area contributed by atoms with Gasteiger partial charge in [0.1, 0.15) is 12.4 Å². The third-order valence-electron chi connectivity index (χ3n) is 3.83. The van der Waals surface area contributed by atoms with Crippen LogP contribution in [-0.4, -0.2) is 29.4 Å². The van der Waals surface area contributed by atoms with E-state index in [1.807, 2.05) is 37.3 Å². The highest BCUT2D eigenvalue weighted by Gasteiger charge is 2.03. The summed E-state index contributed by atoms with van der Waals surface area (Å²) >= 11 is 5.91. The maximum atomic E-state index is 12.3. The van der Waals surface area contributed by atoms with Gasteiger partial charge in [-0.15, -0.1) is 0 Å². The number of para-hydroxylation sites is 1. The molecule has 0 fully saturated rings. The number of ether oxygens (including phenoxy) is 2. The van der Waals surface area contributed by atoms with Crippen molar-refractivity contribution < 1.29 is 9.47 Å². The van der Waals surface area contributed by atoms with Crippen molar-refractivity contribution in [3.63, 3.8) is 0 Å². The lowest BCUT2D eigenvalue weighted by Gasteiger charge is -2.10. The zero-order valence-corrected chi connectivity index (χ0v) is 14.7. The van der Waals surface area contributed by atoms with E-state index in [2.05, 4.69) is 4.98 Å². The average Bonchev–Trinajstić information content (AvgIpc) is 2.61. The van der Waals surface area contributed by atoms with E-state index in [0.717, 1.165) is 11.3 Å². The van der Waals surface area contributed by atoms with Gasteiger partial charge in [-0.2, -0.15) is 0 Å². The number of nitrogens with zero attached hydrogens (tertiary/aromatic N) is 2. The van der Waals surface area contributed by atoms with E-state index in [1.165, 1.54) is 0 Å². The van der Waals surface area contributed by atoms with Crippen molar-refractivity contribution in [3.8, 4) is 5.75 Å². The summed E-state index contributed by atoms with van der Waals surface area (Å²) in [4.78, 5) is 16.6. The molecule has 5 nitrogen and oxygen atoms in total. The molecule has 0 aliphatic heterocycles. The zero-order valence-electron chi connectivity index (χ0n) is 13.9. The van der Waals surface area contributed by atoms with Crippen LogP contribution in [0.2, 0.25) is 5.02 Å². The number of rotatable bonds is 7. The fourth-order valence-corrected chi connectivity index (χ4v) is 2.74. The number of fused-ring (bicyclic) bond motifs is 1. The van der Waals surface area contributed by atoms with E-state index in [-0.39, 0.29) is 5.56 Å². The van der Waals surface area contributed by atoms with Gasteiger partial charge in [-0.1, -0.05) is 23.7 Å². The molecule has 1 aromatic heterocycles. The number of halogens is 1. The molecule has 1 heterocycles. The molecule has 2 aromatic carbocycles. The van der Waals surface area contributed by atoms with Crippen LogP contribution in [0.5, 0.6) is 5.75 Å². The van der Waals surface area contributed by atoms with E-state index in [9.17, 15) is 4.79 Å². The largest absolute Gasteiger partial charge is 0.491 e. The number of hydrogen-bond donors (Lipinski definition) is 0. The first-order valence-corrected chi connectivity index (χ1v) is 8.44. The van der Waals surface area contributed by atoms with Crippen LogP contribution in [0.25, 0.3) is 10.9 Å². The lowest BCUT2D eigenvalue weighted by molar-refractivity contribution is 0.0936. The molecule has 0 bridgehead atoms. The minimum Gasteiger partial charge on any atom is -0.491 e. The molecule has 0 saturated heterocycles. The molecule has 0 amide bonds. The van der Waals surface area contributed by atoms with Gasteiger partial charge in [0.2, 0.25) is 0 Å². The quantitative estimate of drug-likeness (QED) is 0.607. The monoisotopic (exact) mass is 358 g/mol. The normalized spacial score (nSPS) is 11.0. The molecule has 3 aromatic rings. The minimum atomic E-state index is -0.0535. The summed E-state index contributed by atoms with van der Waals surface area (Å²) in [7, 11) is 0. The van der Waals surface area contributed by atoms with Crippen LogP contribution in [0.3, 0.4) is 0 Å². The summed E-state index contributed by atoms with van der Waals surface area (Å²) in [6, 6.07) is 12.8. The predicted octanol–water partition coefficient (Wildman–Crippen LogP) is 3.45. The highest BCUT2D eigenvalue weighted by molar-refractivity contribution is 6.30. The molecule has 0 radical (unpaired) electrons. The molecule has 0 aliphatic rings. The van der Waals surface area contributed by atoms with Gasteiger partial charge >= 0.3 is 0 Å². The first-order valence-electron chi connectivity index (χ1n) is 8.06. The van der Waals surface area contributed by atoms with Gasteiger partial charge in [0.25, 0.3) is 5.56 Å². The molecule has 0 N–H and O–H groups in total. The summed E-state index contributed by atoms with van der Waals surface area (Å²) in [5.41, 5.74) is 1.64. The van der Waals surface area contributed by atoms with Gasteiger partial charge < -0.3 is 9.47 Å². The molecule has 25 heavy (non-hydrogen) atoms. The topological polar surface area (TPSA) is 53.4 Å². The Bertz CT molecular complexity index is 924. The van der Waals surface area contributed by atoms with E-state index in [1.54, 1.807) is 23.0 Å². The highest BCUT2D eigenvalue weighted by atomic mass is 35.5. The second-order valence-corrected chi connectivity index (χ2v) is 6.07. The molecule has 0 saturated carbocycles. The Morgan fingerprint density at radius 1 is 1.12 bits per heavy atom. The molecule has 0 aliphatic carbocycles. The summed E-state index contributed by atoms with van der Waals surface area (Å²) in [6.07, 6.45) is 1.56. The third kappa shape index (κ3) is 4.38. The van der Waals surface area contributed by atoms with Gasteiger partial charge in [-0.25, -0.2) is 4.98 Å². The van der Waals surface area contributed by atoms with E-state index in [0.29, 0.717) is 42.3 Å². The summed E-state index contributed by atoms with van der Waals surface area (Å²) in [6.45, 7) is 3.70. The van der Waals surface area contributed by atoms with Crippen molar-refractivity contribution in [1.29, 1.82) is 0 Å². The maximum Gasteiger partial charge on any atom is 0.261 e. The van der Waals surface area contributed by atoms with Crippen molar-refractivity contribution in [2.24, 2.45) is 0 Å². The summed E-state index contributed by atoms with van der Waals surface area (Å²) in [5.74, 6) is 0.794. The minimum absolute atomic E-state index is 0.0535. The second kappa shape index (κ2) is 8.14. The van der Waals surface area contributed by atoms with E-state index in [4.69, 9.17) is 21.1 Å². The Morgan fingerprint density at radius 2 is 1.96 bits per heavy atom. The fourth-order valence-electron chi connectivity index (χ4n) is 2.52. The van der Waals surface area contributed by atoms with Crippen LogP contribution in [0.4, 0.5) is 0 Å². The standard InChI is InChI=1S/C19H19ClN2O3/c1-14-12-15(20)6-7-18(14)25-11-10-24-9-8-22-13-21-17-5-3-2-4-16(17)19(22)23/h2-7,12-13H,8-11H2,1H3. The zero-order chi connectivity index (χ0) is 17.6. The molecule has 3 rings (SSSR count). The lowest BCUT2D eigenvalue weighted by Crippen LogP contribution is -2.23. The van der Waals surface area contributed by atoms with Crippen LogP contribution in [0.1, 0.15) is 5.56 Å². The van der Waals surface area contributed by atoms with Crippen LogP contribution in [-0.2, 0) is 11.3 Å². The van der Waals surface area contributed by atoms with Gasteiger partial charge in [0.15, 0.2) is 0 Å². The molecule has 0 atom stereocenters. The van der Waals surface area contributed by atoms with Crippen LogP contribution in [0, 0.1) is 6.92 Å². The van der Waals surface area contributed by atoms with E-state index < -0.39 is 0 Å². The number of hydrogen-bond acceptors (Lipinski definition) is 4. The average molecular weight is 359 g/mol. The fraction of sp³-hybridized carbons (Fsp3) is 0.263. The molecule has 6 heteroatoms. The molecule has 130 valence electrons. The number of aromatic nitrogens is 2. The van der Waals surface area contributed by atoms with Gasteiger partial charge in [-0.05, 0) is 42.8 Å². The predicted molar refractivity (Wildman–Crippen MR) is 98.5 cm³/mol. The van der Waals surface area contributed by atoms with Crippen molar-refractivity contribution >= 4 is 22.5 Å². The molecule has 0 unspecified atom stereocenters. The molecular weight excluding hydrogens is 340 g/mol. The van der Waals surface area contributed by atoms with Crippen molar-refractivity contribution in [2.75, 3.05) is 19.8 Å². The van der Waals surface area contributed by atoms with Gasteiger partial charge in [-0.3, -0.25) is 9.36 Å². The van der Waals surface area contributed by atoms with Crippen molar-refractivity contribution in [3.05, 3.63) is 69.7 Å². The van der Waals surface area contributed by atoms with Crippen LogP contribution >= 0.6 is 11.6 Å². The third-order valence-corrected chi connectivity index (χ3v) is 4.07. The molecule has 0 spiro atoms. The first-order chi connectivity index (χ1) is 12.1. The summed E-state index contributed by atoms with van der Waals surface area (Å²) < 4.78 is 12.8. The van der Waals surface area contributed by atoms with Crippen LogP contribution < -0.4 is 10.3 Å². The Morgan fingerprint density at radius 3 is 2.80 bits per heavy atom. The van der Waals surface area contributed by atoms with Crippen molar-refractivity contribution in [2.45, 2.75) is 13.5 Å².